The van der Waals surface area contributed by atoms with E-state index in [0.717, 1.165) is 0 Å². The molecule has 0 aliphatic heterocycles. The first kappa shape index (κ1) is 19.5. The number of aromatic nitrogens is 2. The van der Waals surface area contributed by atoms with Gasteiger partial charge in [0.15, 0.2) is 11.6 Å². The number of primary sulfonamides is 1. The van der Waals surface area contributed by atoms with Gasteiger partial charge in [-0.25, -0.2) is 17.9 Å². The van der Waals surface area contributed by atoms with Crippen molar-refractivity contribution < 1.29 is 17.5 Å². The van der Waals surface area contributed by atoms with E-state index in [2.05, 4.69) is 11.2 Å². The summed E-state index contributed by atoms with van der Waals surface area (Å²) >= 11 is 0. The maximum Gasteiger partial charge on any atom is 0.238 e. The van der Waals surface area contributed by atoms with Gasteiger partial charge in [0.25, 0.3) is 0 Å². The molecule has 0 unspecified atom stereocenters. The Bertz CT molecular complexity index is 1180. The van der Waals surface area contributed by atoms with Gasteiger partial charge in [0.2, 0.25) is 10.0 Å². The van der Waals surface area contributed by atoms with E-state index in [-0.39, 0.29) is 16.3 Å². The predicted molar refractivity (Wildman–Crippen MR) is 101 cm³/mol. The van der Waals surface area contributed by atoms with Crippen LogP contribution in [0.1, 0.15) is 12.6 Å². The summed E-state index contributed by atoms with van der Waals surface area (Å²) in [6.45, 7) is 2.27. The highest BCUT2D eigenvalue weighted by molar-refractivity contribution is 7.89. The molecule has 28 heavy (non-hydrogen) atoms. The Morgan fingerprint density at radius 2 is 1.86 bits per heavy atom. The average Bonchev–Trinajstić information content (AvgIpc) is 3.06. The molecule has 2 aromatic carbocycles. The minimum absolute atomic E-state index is 0.0382. The Morgan fingerprint density at radius 1 is 1.21 bits per heavy atom. The molecule has 0 aliphatic rings. The van der Waals surface area contributed by atoms with E-state index >= 15 is 0 Å². The van der Waals surface area contributed by atoms with Crippen molar-refractivity contribution in [1.29, 1.82) is 5.26 Å². The molecule has 1 aromatic heterocycles. The van der Waals surface area contributed by atoms with E-state index in [0.29, 0.717) is 28.9 Å². The molecule has 0 aliphatic carbocycles. The number of nitrogens with two attached hydrogens (primary N) is 1. The molecular formula is C19H17FN4O3S. The molecule has 3 rings (SSSR count). The number of methoxy groups -OCH3 is 1. The van der Waals surface area contributed by atoms with Crippen LogP contribution in [0.4, 0.5) is 4.39 Å². The van der Waals surface area contributed by atoms with Crippen LogP contribution in [0, 0.1) is 17.1 Å². The number of ether oxygens (including phenoxy) is 1. The normalized spacial score (nSPS) is 11.2. The van der Waals surface area contributed by atoms with Gasteiger partial charge in [-0.15, -0.1) is 0 Å². The Balaban J connectivity index is 2.24. The van der Waals surface area contributed by atoms with Crippen LogP contribution in [-0.2, 0) is 16.6 Å². The lowest BCUT2D eigenvalue weighted by atomic mass is 9.99. The van der Waals surface area contributed by atoms with Crippen molar-refractivity contribution in [2.75, 3.05) is 7.11 Å². The van der Waals surface area contributed by atoms with Gasteiger partial charge >= 0.3 is 0 Å². The average molecular weight is 400 g/mol. The fourth-order valence-electron chi connectivity index (χ4n) is 2.90. The Labute approximate surface area is 161 Å². The van der Waals surface area contributed by atoms with Crippen LogP contribution in [0.25, 0.3) is 22.4 Å². The molecule has 0 fully saturated rings. The van der Waals surface area contributed by atoms with Gasteiger partial charge in [-0.05, 0) is 36.8 Å². The zero-order valence-electron chi connectivity index (χ0n) is 15.2. The second-order valence-electron chi connectivity index (χ2n) is 5.92. The second kappa shape index (κ2) is 7.42. The number of sulfonamides is 1. The lowest BCUT2D eigenvalue weighted by Gasteiger charge is -2.07. The topological polar surface area (TPSA) is 111 Å². The highest BCUT2D eigenvalue weighted by Gasteiger charge is 2.21. The van der Waals surface area contributed by atoms with E-state index in [1.54, 1.807) is 18.2 Å². The van der Waals surface area contributed by atoms with Crippen molar-refractivity contribution in [3.63, 3.8) is 0 Å². The molecule has 0 radical (unpaired) electrons. The molecule has 7 nitrogen and oxygen atoms in total. The fourth-order valence-corrected chi connectivity index (χ4v) is 3.42. The first-order valence-corrected chi connectivity index (χ1v) is 9.82. The zero-order chi connectivity index (χ0) is 20.5. The molecular weight excluding hydrogens is 383 g/mol. The predicted octanol–water partition coefficient (Wildman–Crippen LogP) is 2.90. The summed E-state index contributed by atoms with van der Waals surface area (Å²) in [5.41, 5.74) is 2.19. The van der Waals surface area contributed by atoms with Crippen LogP contribution in [0.15, 0.2) is 47.4 Å². The molecule has 9 heteroatoms. The molecule has 0 bridgehead atoms. The van der Waals surface area contributed by atoms with Crippen LogP contribution in [0.5, 0.6) is 5.75 Å². The van der Waals surface area contributed by atoms with Gasteiger partial charge in [0.1, 0.15) is 17.5 Å². The summed E-state index contributed by atoms with van der Waals surface area (Å²) < 4.78 is 43.7. The molecule has 3 aromatic rings. The third-order valence-electron chi connectivity index (χ3n) is 4.25. The lowest BCUT2D eigenvalue weighted by molar-refractivity contribution is 0.386. The van der Waals surface area contributed by atoms with Gasteiger partial charge in [0, 0.05) is 17.7 Å². The van der Waals surface area contributed by atoms with Crippen molar-refractivity contribution >= 4 is 10.0 Å². The summed E-state index contributed by atoms with van der Waals surface area (Å²) in [4.78, 5) is -0.0382. The van der Waals surface area contributed by atoms with Gasteiger partial charge in [-0.2, -0.15) is 10.4 Å². The van der Waals surface area contributed by atoms with Gasteiger partial charge in [-0.3, -0.25) is 4.68 Å². The van der Waals surface area contributed by atoms with Gasteiger partial charge in [0.05, 0.1) is 12.0 Å². The molecule has 0 spiro atoms. The van der Waals surface area contributed by atoms with Gasteiger partial charge in [-0.1, -0.05) is 18.2 Å². The van der Waals surface area contributed by atoms with Crippen LogP contribution < -0.4 is 9.88 Å². The third kappa shape index (κ3) is 3.47. The SMILES string of the molecule is CCn1nc(-c2ccc(S(N)(=O)=O)cc2)c(-c2ccc(OC)c(F)c2)c1C#N. The van der Waals surface area contributed by atoms with Crippen LogP contribution >= 0.6 is 0 Å². The monoisotopic (exact) mass is 400 g/mol. The summed E-state index contributed by atoms with van der Waals surface area (Å²) in [6, 6.07) is 12.3. The summed E-state index contributed by atoms with van der Waals surface area (Å²) in [7, 11) is -2.46. The smallest absolute Gasteiger partial charge is 0.238 e. The molecule has 2 N–H and O–H groups in total. The first-order chi connectivity index (χ1) is 13.3. The number of hydrogen-bond acceptors (Lipinski definition) is 5. The lowest BCUT2D eigenvalue weighted by Crippen LogP contribution is -2.11. The maximum atomic E-state index is 14.3. The zero-order valence-corrected chi connectivity index (χ0v) is 16.0. The molecule has 0 atom stereocenters. The number of nitriles is 1. The van der Waals surface area contributed by atoms with Crippen molar-refractivity contribution in [2.45, 2.75) is 18.4 Å². The van der Waals surface area contributed by atoms with Crippen molar-refractivity contribution in [3.05, 3.63) is 54.0 Å². The van der Waals surface area contributed by atoms with Crippen LogP contribution in [-0.4, -0.2) is 25.3 Å². The molecule has 0 saturated heterocycles. The Kier molecular flexibility index (Phi) is 5.18. The number of aryl methyl sites for hydroxylation is 1. The standard InChI is InChI=1S/C19H17FN4O3S/c1-3-24-16(11-21)18(13-6-9-17(27-2)15(20)10-13)19(23-24)12-4-7-14(8-5-12)28(22,25)26/h4-10H,3H2,1-2H3,(H2,22,25,26). The summed E-state index contributed by atoms with van der Waals surface area (Å²) in [5, 5.41) is 19.3. The maximum absolute atomic E-state index is 14.3. The van der Waals surface area contributed by atoms with E-state index < -0.39 is 15.8 Å². The van der Waals surface area contributed by atoms with E-state index in [1.165, 1.54) is 36.1 Å². The Morgan fingerprint density at radius 3 is 2.36 bits per heavy atom. The van der Waals surface area contributed by atoms with Crippen molar-refractivity contribution in [3.8, 4) is 34.2 Å². The largest absolute Gasteiger partial charge is 0.494 e. The van der Waals surface area contributed by atoms with Crippen molar-refractivity contribution in [1.82, 2.24) is 9.78 Å². The first-order valence-electron chi connectivity index (χ1n) is 8.28. The second-order valence-corrected chi connectivity index (χ2v) is 7.48. The molecule has 0 saturated carbocycles. The van der Waals surface area contributed by atoms with E-state index in [9.17, 15) is 18.1 Å². The van der Waals surface area contributed by atoms with E-state index in [4.69, 9.17) is 9.88 Å². The van der Waals surface area contributed by atoms with Crippen LogP contribution in [0.3, 0.4) is 0 Å². The summed E-state index contributed by atoms with van der Waals surface area (Å²) in [5.74, 6) is -0.479. The minimum atomic E-state index is -3.83. The summed E-state index contributed by atoms with van der Waals surface area (Å²) in [6.07, 6.45) is 0. The molecule has 1 heterocycles. The third-order valence-corrected chi connectivity index (χ3v) is 5.18. The quantitative estimate of drug-likeness (QED) is 0.708. The highest BCUT2D eigenvalue weighted by Crippen LogP contribution is 2.36. The number of benzene rings is 2. The fraction of sp³-hybridized carbons (Fsp3) is 0.158. The molecule has 144 valence electrons. The van der Waals surface area contributed by atoms with Crippen molar-refractivity contribution in [2.24, 2.45) is 5.14 Å². The number of hydrogen-bond donors (Lipinski definition) is 1. The molecule has 0 amide bonds. The van der Waals surface area contributed by atoms with Gasteiger partial charge < -0.3 is 4.74 Å². The Hall–Kier alpha value is -3.22. The highest BCUT2D eigenvalue weighted by atomic mass is 32.2. The number of halogens is 1. The van der Waals surface area contributed by atoms with E-state index in [1.807, 2.05) is 6.92 Å². The minimum Gasteiger partial charge on any atom is -0.494 e. The number of nitrogens with zero attached hydrogens (tertiary/aromatic N) is 3. The van der Waals surface area contributed by atoms with Crippen LogP contribution in [0.2, 0.25) is 0 Å². The number of rotatable bonds is 5.